The summed E-state index contributed by atoms with van der Waals surface area (Å²) in [4.78, 5) is 35.7. The first-order valence-electron chi connectivity index (χ1n) is 8.74. The summed E-state index contributed by atoms with van der Waals surface area (Å²) < 4.78 is 4.95. The maximum absolute atomic E-state index is 12.1. The first-order chi connectivity index (χ1) is 14.0. The zero-order valence-electron chi connectivity index (χ0n) is 15.3. The van der Waals surface area contributed by atoms with Crippen LogP contribution in [0, 0.1) is 0 Å². The molecule has 0 saturated heterocycles. The zero-order chi connectivity index (χ0) is 20.6. The van der Waals surface area contributed by atoms with Crippen molar-refractivity contribution in [2.24, 2.45) is 0 Å². The highest BCUT2D eigenvalue weighted by Crippen LogP contribution is 2.22. The molecular formula is C22H18N2O5. The lowest BCUT2D eigenvalue weighted by atomic mass is 10.0. The molecule has 0 aliphatic carbocycles. The van der Waals surface area contributed by atoms with Gasteiger partial charge in [0.15, 0.2) is 6.61 Å². The van der Waals surface area contributed by atoms with Gasteiger partial charge in [0, 0.05) is 5.56 Å². The lowest BCUT2D eigenvalue weighted by Crippen LogP contribution is -2.43. The third-order valence-corrected chi connectivity index (χ3v) is 4.01. The Hall–Kier alpha value is -4.13. The van der Waals surface area contributed by atoms with E-state index in [0.717, 1.165) is 11.1 Å². The lowest BCUT2D eigenvalue weighted by Gasteiger charge is -2.08. The van der Waals surface area contributed by atoms with Crippen LogP contribution in [0.2, 0.25) is 0 Å². The average molecular weight is 390 g/mol. The van der Waals surface area contributed by atoms with Crippen LogP contribution in [0.1, 0.15) is 20.7 Å². The molecule has 0 unspecified atom stereocenters. The smallest absolute Gasteiger partial charge is 0.338 e. The van der Waals surface area contributed by atoms with E-state index in [0.29, 0.717) is 5.56 Å². The third-order valence-electron chi connectivity index (χ3n) is 4.01. The summed E-state index contributed by atoms with van der Waals surface area (Å²) >= 11 is 0. The van der Waals surface area contributed by atoms with Gasteiger partial charge < -0.3 is 9.84 Å². The molecule has 0 atom stereocenters. The van der Waals surface area contributed by atoms with E-state index >= 15 is 0 Å². The second-order valence-corrected chi connectivity index (χ2v) is 6.07. The van der Waals surface area contributed by atoms with Gasteiger partial charge in [0.05, 0.1) is 5.56 Å². The summed E-state index contributed by atoms with van der Waals surface area (Å²) in [5, 5.41) is 9.33. The number of esters is 1. The highest BCUT2D eigenvalue weighted by atomic mass is 16.5. The maximum atomic E-state index is 12.1. The van der Waals surface area contributed by atoms with Gasteiger partial charge in [-0.25, -0.2) is 4.79 Å². The van der Waals surface area contributed by atoms with E-state index in [-0.39, 0.29) is 11.3 Å². The number of rotatable bonds is 5. The first kappa shape index (κ1) is 19.6. The predicted molar refractivity (Wildman–Crippen MR) is 106 cm³/mol. The number of ether oxygens (including phenoxy) is 1. The van der Waals surface area contributed by atoms with Crippen molar-refractivity contribution in [3.8, 4) is 16.9 Å². The Morgan fingerprint density at radius 1 is 0.724 bits per heavy atom. The van der Waals surface area contributed by atoms with Crippen LogP contribution >= 0.6 is 0 Å². The molecule has 29 heavy (non-hydrogen) atoms. The molecule has 0 spiro atoms. The summed E-state index contributed by atoms with van der Waals surface area (Å²) in [6.45, 7) is -0.534. The minimum atomic E-state index is -0.664. The van der Waals surface area contributed by atoms with Crippen molar-refractivity contribution in [1.82, 2.24) is 10.9 Å². The van der Waals surface area contributed by atoms with Gasteiger partial charge in [-0.3, -0.25) is 20.4 Å². The van der Waals surface area contributed by atoms with Crippen LogP contribution in [0.4, 0.5) is 0 Å². The fraction of sp³-hybridized carbons (Fsp3) is 0.0455. The van der Waals surface area contributed by atoms with Crippen molar-refractivity contribution < 1.29 is 24.2 Å². The van der Waals surface area contributed by atoms with Crippen LogP contribution in [0.25, 0.3) is 11.1 Å². The highest BCUT2D eigenvalue weighted by Gasteiger charge is 2.12. The normalized spacial score (nSPS) is 10.1. The van der Waals surface area contributed by atoms with Crippen LogP contribution in [0.15, 0.2) is 78.9 Å². The second-order valence-electron chi connectivity index (χ2n) is 6.07. The number of carbonyl (C=O) groups excluding carboxylic acids is 3. The quantitative estimate of drug-likeness (QED) is 0.459. The number of hydrogen-bond donors (Lipinski definition) is 3. The lowest BCUT2D eigenvalue weighted by molar-refractivity contribution is -0.125. The summed E-state index contributed by atoms with van der Waals surface area (Å²) in [5.74, 6) is -1.63. The molecule has 0 saturated carbocycles. The number of amides is 2. The Bertz CT molecular complexity index is 1000. The SMILES string of the molecule is O=C(COC(=O)c1ccc(-c2ccc(O)cc2)cc1)NNC(=O)c1ccccc1. The Balaban J connectivity index is 1.48. The number of aromatic hydroxyl groups is 1. The van der Waals surface area contributed by atoms with Crippen molar-refractivity contribution in [3.05, 3.63) is 90.0 Å². The number of carbonyl (C=O) groups is 3. The van der Waals surface area contributed by atoms with Crippen LogP contribution in [-0.4, -0.2) is 29.5 Å². The average Bonchev–Trinajstić information content (AvgIpc) is 2.77. The molecule has 3 rings (SSSR count). The molecular weight excluding hydrogens is 372 g/mol. The summed E-state index contributed by atoms with van der Waals surface area (Å²) in [6, 6.07) is 21.7. The van der Waals surface area contributed by atoms with Crippen LogP contribution in [-0.2, 0) is 9.53 Å². The fourth-order valence-corrected chi connectivity index (χ4v) is 2.49. The van der Waals surface area contributed by atoms with Crippen molar-refractivity contribution in [2.45, 2.75) is 0 Å². The van der Waals surface area contributed by atoms with Gasteiger partial charge in [0.2, 0.25) is 0 Å². The van der Waals surface area contributed by atoms with Crippen molar-refractivity contribution in [2.75, 3.05) is 6.61 Å². The minimum absolute atomic E-state index is 0.173. The van der Waals surface area contributed by atoms with Crippen LogP contribution in [0.5, 0.6) is 5.75 Å². The van der Waals surface area contributed by atoms with Crippen molar-refractivity contribution >= 4 is 17.8 Å². The Kier molecular flexibility index (Phi) is 6.22. The third kappa shape index (κ3) is 5.43. The van der Waals surface area contributed by atoms with Gasteiger partial charge in [-0.15, -0.1) is 0 Å². The molecule has 7 nitrogen and oxygen atoms in total. The predicted octanol–water partition coefficient (Wildman–Crippen LogP) is 2.68. The molecule has 0 aliphatic rings. The number of hydrogen-bond acceptors (Lipinski definition) is 5. The number of nitrogens with one attached hydrogen (secondary N) is 2. The zero-order valence-corrected chi connectivity index (χ0v) is 15.3. The number of phenols is 1. The minimum Gasteiger partial charge on any atom is -0.508 e. The fourth-order valence-electron chi connectivity index (χ4n) is 2.49. The van der Waals surface area contributed by atoms with Crippen molar-refractivity contribution in [3.63, 3.8) is 0 Å². The van der Waals surface area contributed by atoms with Crippen LogP contribution in [0.3, 0.4) is 0 Å². The molecule has 3 N–H and O–H groups in total. The van der Waals surface area contributed by atoms with Gasteiger partial charge >= 0.3 is 5.97 Å². The van der Waals surface area contributed by atoms with Crippen molar-refractivity contribution in [1.29, 1.82) is 0 Å². The van der Waals surface area contributed by atoms with E-state index in [9.17, 15) is 19.5 Å². The molecule has 0 heterocycles. The first-order valence-corrected chi connectivity index (χ1v) is 8.74. The van der Waals surface area contributed by atoms with Gasteiger partial charge in [-0.1, -0.05) is 42.5 Å². The summed E-state index contributed by atoms with van der Waals surface area (Å²) in [6.07, 6.45) is 0. The molecule has 0 fully saturated rings. The number of phenolic OH excluding ortho intramolecular Hbond substituents is 1. The monoisotopic (exact) mass is 390 g/mol. The number of benzene rings is 3. The standard InChI is InChI=1S/C22H18N2O5/c25-19-12-10-16(11-13-19)15-6-8-18(9-7-15)22(28)29-14-20(26)23-24-21(27)17-4-2-1-3-5-17/h1-13,25H,14H2,(H,23,26)(H,24,27). The highest BCUT2D eigenvalue weighted by molar-refractivity contribution is 5.96. The van der Waals surface area contributed by atoms with E-state index < -0.39 is 24.4 Å². The molecule has 0 radical (unpaired) electrons. The summed E-state index contributed by atoms with van der Waals surface area (Å²) in [7, 11) is 0. The maximum Gasteiger partial charge on any atom is 0.338 e. The molecule has 7 heteroatoms. The summed E-state index contributed by atoms with van der Waals surface area (Å²) in [5.41, 5.74) is 6.85. The van der Waals surface area contributed by atoms with Gasteiger partial charge in [-0.05, 0) is 47.5 Å². The molecule has 2 amide bonds. The molecule has 3 aromatic rings. The second kappa shape index (κ2) is 9.18. The van der Waals surface area contributed by atoms with Gasteiger partial charge in [0.1, 0.15) is 5.75 Å². The van der Waals surface area contributed by atoms with E-state index in [1.54, 1.807) is 78.9 Å². The molecule has 146 valence electrons. The number of hydrazine groups is 1. The van der Waals surface area contributed by atoms with Gasteiger partial charge in [-0.2, -0.15) is 0 Å². The topological polar surface area (TPSA) is 105 Å². The van der Waals surface area contributed by atoms with E-state index in [2.05, 4.69) is 10.9 Å². The molecule has 0 aliphatic heterocycles. The van der Waals surface area contributed by atoms with E-state index in [1.165, 1.54) is 0 Å². The largest absolute Gasteiger partial charge is 0.508 e. The Labute approximate surface area is 166 Å². The van der Waals surface area contributed by atoms with Gasteiger partial charge in [0.25, 0.3) is 11.8 Å². The molecule has 3 aromatic carbocycles. The Morgan fingerprint density at radius 2 is 1.31 bits per heavy atom. The Morgan fingerprint density at radius 3 is 1.93 bits per heavy atom. The molecule has 0 bridgehead atoms. The van der Waals surface area contributed by atoms with E-state index in [4.69, 9.17) is 4.74 Å². The molecule has 0 aromatic heterocycles. The van der Waals surface area contributed by atoms with E-state index in [1.807, 2.05) is 0 Å². The van der Waals surface area contributed by atoms with Crippen LogP contribution < -0.4 is 10.9 Å².